The number of nitrogens with one attached hydrogen (secondary N) is 3. The van der Waals surface area contributed by atoms with Gasteiger partial charge in [-0.1, -0.05) is 113 Å². The van der Waals surface area contributed by atoms with Gasteiger partial charge in [0.15, 0.2) is 16.9 Å². The molecule has 31 nitrogen and oxygen atoms in total. The highest BCUT2D eigenvalue weighted by Gasteiger charge is 2.31. The van der Waals surface area contributed by atoms with Gasteiger partial charge in [0.25, 0.3) is 0 Å². The Balaban J connectivity index is 0.000000208. The zero-order valence-electron chi connectivity index (χ0n) is 65.1. The second-order valence-corrected chi connectivity index (χ2v) is 29.0. The van der Waals surface area contributed by atoms with Crippen LogP contribution >= 0.6 is 15.9 Å². The zero-order chi connectivity index (χ0) is 83.0. The molecule has 5 aromatic carbocycles. The number of alkyl halides is 1. The smallest absolute Gasteiger partial charge is 0.408 e. The number of methoxy groups -OCH3 is 3. The van der Waals surface area contributed by atoms with Gasteiger partial charge in [-0.3, -0.25) is 28.3 Å². The number of nitrogens with zero attached hydrogens (tertiary/aromatic N) is 8. The molecule has 0 fully saturated rings. The Morgan fingerprint density at radius 3 is 1.14 bits per heavy atom. The van der Waals surface area contributed by atoms with Gasteiger partial charge >= 0.3 is 65.1 Å². The molecule has 114 heavy (non-hydrogen) atoms. The molecular formula is C82H91BrN12O19. The summed E-state index contributed by atoms with van der Waals surface area (Å²) in [6.07, 6.45) is 3.88. The summed E-state index contributed by atoms with van der Waals surface area (Å²) in [5.41, 5.74) is 11.3. The number of rotatable bonds is 23. The quantitative estimate of drug-likeness (QED) is 0.0263. The number of amides is 2. The van der Waals surface area contributed by atoms with E-state index in [4.69, 9.17) is 38.9 Å². The number of hydrogen-bond donors (Lipinski definition) is 4. The average molecular weight is 1630 g/mol. The van der Waals surface area contributed by atoms with Crippen LogP contribution in [0, 0.1) is 0 Å². The highest BCUT2D eigenvalue weighted by Crippen LogP contribution is 2.23. The van der Waals surface area contributed by atoms with Gasteiger partial charge in [0.1, 0.15) is 66.6 Å². The van der Waals surface area contributed by atoms with Crippen molar-refractivity contribution in [3.8, 4) is 17.1 Å². The summed E-state index contributed by atoms with van der Waals surface area (Å²) in [5.74, 6) is -2.98. The van der Waals surface area contributed by atoms with E-state index < -0.39 is 88.3 Å². The Hall–Kier alpha value is -12.8. The van der Waals surface area contributed by atoms with Crippen molar-refractivity contribution in [1.82, 2.24) is 53.4 Å². The number of esters is 6. The van der Waals surface area contributed by atoms with E-state index >= 15 is 0 Å². The van der Waals surface area contributed by atoms with E-state index in [1.165, 1.54) is 44.2 Å². The van der Waals surface area contributed by atoms with Gasteiger partial charge in [-0.2, -0.15) is 0 Å². The largest absolute Gasteiger partial charge is 0.468 e. The van der Waals surface area contributed by atoms with Gasteiger partial charge < -0.3 is 59.2 Å². The van der Waals surface area contributed by atoms with Gasteiger partial charge in [-0.25, -0.2) is 62.2 Å². The molecule has 0 saturated carbocycles. The van der Waals surface area contributed by atoms with E-state index in [1.807, 2.05) is 60.7 Å². The fraction of sp³-hybridized carbons (Fsp3) is 0.317. The molecule has 0 bridgehead atoms. The van der Waals surface area contributed by atoms with E-state index in [-0.39, 0.29) is 56.1 Å². The number of ether oxygens (including phenoxy) is 8. The molecule has 0 saturated heterocycles. The molecule has 0 spiro atoms. The number of halogens is 1. The van der Waals surface area contributed by atoms with Crippen LogP contribution in [0.2, 0.25) is 0 Å². The number of imidazole rings is 3. The highest BCUT2D eigenvalue weighted by atomic mass is 79.9. The molecule has 5 N–H and O–H groups in total. The summed E-state index contributed by atoms with van der Waals surface area (Å²) in [7, 11) is 3.88. The van der Waals surface area contributed by atoms with Gasteiger partial charge in [0, 0.05) is 31.4 Å². The number of carbonyl (C=O) groups is 8. The number of pyridine rings is 3. The molecule has 6 aromatic heterocycles. The molecule has 2 amide bonds. The Labute approximate surface area is 663 Å². The number of alkyl carbamates (subject to hydrolysis) is 2. The summed E-state index contributed by atoms with van der Waals surface area (Å²) in [5, 5.41) is 5.53. The number of carbonyl (C=O) groups excluding carboxylic acids is 8. The van der Waals surface area contributed by atoms with Gasteiger partial charge in [0.2, 0.25) is 0 Å². The van der Waals surface area contributed by atoms with Crippen molar-refractivity contribution in [1.29, 1.82) is 0 Å². The van der Waals surface area contributed by atoms with Crippen molar-refractivity contribution in [3.05, 3.63) is 248 Å². The maximum atomic E-state index is 13.3. The first kappa shape index (κ1) is 86.7. The predicted octanol–water partition coefficient (Wildman–Crippen LogP) is 9.56. The Bertz CT molecular complexity index is 5320. The van der Waals surface area contributed by atoms with Gasteiger partial charge in [-0.05, 0) is 169 Å². The molecule has 0 unspecified atom stereocenters. The van der Waals surface area contributed by atoms with E-state index in [2.05, 4.69) is 51.2 Å². The van der Waals surface area contributed by atoms with Crippen LogP contribution < -0.4 is 33.4 Å². The first-order valence-corrected chi connectivity index (χ1v) is 36.9. The molecule has 11 aromatic rings. The lowest BCUT2D eigenvalue weighted by Crippen LogP contribution is -2.45. The topological polar surface area (TPSA) is 391 Å². The number of benzene rings is 5. The molecule has 11 rings (SSSR count). The van der Waals surface area contributed by atoms with Crippen molar-refractivity contribution >= 4 is 97.4 Å². The molecule has 0 aliphatic carbocycles. The van der Waals surface area contributed by atoms with Gasteiger partial charge in [-0.15, -0.1) is 0 Å². The third-order valence-corrected chi connectivity index (χ3v) is 16.7. The Kier molecular flexibility index (Phi) is 30.3. The molecule has 0 radical (unpaired) electrons. The molecule has 32 heteroatoms. The van der Waals surface area contributed by atoms with Crippen LogP contribution in [0.15, 0.2) is 203 Å². The summed E-state index contributed by atoms with van der Waals surface area (Å²) in [4.78, 5) is 151. The normalized spacial score (nSPS) is 12.0. The number of aromatic nitrogens is 9. The number of H-pyrrole nitrogens is 1. The van der Waals surface area contributed by atoms with Crippen LogP contribution in [-0.4, -0.2) is 152 Å². The molecule has 3 atom stereocenters. The number of hydrogen-bond acceptors (Lipinski definition) is 23. The van der Waals surface area contributed by atoms with Gasteiger partial charge in [0.05, 0.1) is 54.9 Å². The minimum atomic E-state index is -1.02. The van der Waals surface area contributed by atoms with E-state index in [9.17, 15) is 52.7 Å². The standard InChI is InChI=1S/C30H32N4O7.C27H28N4O5.C22H26N4O5.C3H5BrO2/c1-30(2,3)41-27(36)23(32-28(37)40-19-21-9-6-5-7-10-21)17-20-12-14-22(15-13-20)34-26-24(11-8-16-31-26)33(29(34)38)18-25(35)39-4;1-27(2,3)36-24(32)22(30-26(34)35-17-19-8-5-4-6-9-19)16-18-11-13-20(14-12-18)31-23-21(29-25(31)33)10-7-15-28-23;1-22(2,3)31-20(28)16(23)12-14-7-9-15(10-8-14)26-19-17(6-5-11-24-19)25(21(26)29)13-18(27)30-4;1-6-3(5)2-4/h5-16,23H,17-19H2,1-4H3,(H,32,37);4-15,22H,16-17H2,1-3H3,(H,29,33)(H,30,34);5-11,16H,12-13,23H2,1-4H3;2H2,1H3/t23-;22-;16-;/m000./s1. The van der Waals surface area contributed by atoms with Crippen molar-refractivity contribution in [2.75, 3.05) is 26.7 Å². The minimum absolute atomic E-state index is 0.0504. The van der Waals surface area contributed by atoms with E-state index in [0.717, 1.165) is 22.3 Å². The van der Waals surface area contributed by atoms with Crippen LogP contribution in [0.3, 0.4) is 0 Å². The zero-order valence-corrected chi connectivity index (χ0v) is 66.7. The molecule has 600 valence electrons. The van der Waals surface area contributed by atoms with Crippen molar-refractivity contribution in [2.24, 2.45) is 5.73 Å². The fourth-order valence-electron chi connectivity index (χ4n) is 11.0. The lowest BCUT2D eigenvalue weighted by atomic mass is 10.0. The van der Waals surface area contributed by atoms with Crippen molar-refractivity contribution in [3.63, 3.8) is 0 Å². The Morgan fingerprint density at radius 2 is 0.781 bits per heavy atom. The molecule has 6 heterocycles. The lowest BCUT2D eigenvalue weighted by molar-refractivity contribution is -0.158. The molecule has 0 aliphatic heterocycles. The SMILES string of the molecule is CC(C)(C)OC(=O)[C@H](Cc1ccc(-n2c(=O)[nH]c3cccnc32)cc1)NC(=O)OCc1ccccc1.COC(=O)CBr.COC(=O)Cn1c(=O)n(-c2ccc(C[C@H](N)C(=O)OC(C)(C)C)cc2)c2ncccc21.COC(=O)Cn1c(=O)n(-c2ccc(C[C@H](NC(=O)OCc3ccccc3)C(=O)OC(C)(C)C)cc2)c2ncccc21. The highest BCUT2D eigenvalue weighted by molar-refractivity contribution is 9.09. The average Bonchev–Trinajstić information content (AvgIpc) is 1.62. The van der Waals surface area contributed by atoms with Crippen LogP contribution in [0.5, 0.6) is 0 Å². The summed E-state index contributed by atoms with van der Waals surface area (Å²) >= 11 is 2.90. The van der Waals surface area contributed by atoms with Crippen LogP contribution in [-0.2, 0) is 112 Å². The summed E-state index contributed by atoms with van der Waals surface area (Å²) < 4.78 is 47.5. The van der Waals surface area contributed by atoms with Crippen LogP contribution in [0.25, 0.3) is 50.6 Å². The minimum Gasteiger partial charge on any atom is -0.468 e. The van der Waals surface area contributed by atoms with Crippen LogP contribution in [0.4, 0.5) is 9.59 Å². The van der Waals surface area contributed by atoms with Crippen LogP contribution in [0.1, 0.15) is 90.1 Å². The summed E-state index contributed by atoms with van der Waals surface area (Å²) in [6.45, 7) is 15.5. The summed E-state index contributed by atoms with van der Waals surface area (Å²) in [6, 6.07) is 47.1. The number of aromatic amines is 1. The second kappa shape index (κ2) is 39.9. The first-order chi connectivity index (χ1) is 54.2. The Morgan fingerprint density at radius 1 is 0.430 bits per heavy atom. The molecular weight excluding hydrogens is 1540 g/mol. The predicted molar refractivity (Wildman–Crippen MR) is 426 cm³/mol. The van der Waals surface area contributed by atoms with Crippen molar-refractivity contribution < 1.29 is 76.3 Å². The lowest BCUT2D eigenvalue weighted by Gasteiger charge is -2.24. The fourth-order valence-corrected chi connectivity index (χ4v) is 11.3. The first-order valence-electron chi connectivity index (χ1n) is 35.8. The van der Waals surface area contributed by atoms with Crippen molar-refractivity contribution in [2.45, 2.75) is 143 Å². The maximum Gasteiger partial charge on any atom is 0.408 e. The maximum absolute atomic E-state index is 13.3. The third kappa shape index (κ3) is 25.1. The van der Waals surface area contributed by atoms with E-state index in [0.29, 0.717) is 62.5 Å². The third-order valence-electron chi connectivity index (χ3n) is 16.2. The number of fused-ring (bicyclic) bond motifs is 3. The molecule has 0 aliphatic rings. The monoisotopic (exact) mass is 1630 g/mol. The second-order valence-electron chi connectivity index (χ2n) is 28.4. The number of nitrogens with two attached hydrogens (primary N) is 1. The van der Waals surface area contributed by atoms with E-state index in [1.54, 1.807) is 190 Å².